The lowest BCUT2D eigenvalue weighted by atomic mass is 10.0. The van der Waals surface area contributed by atoms with E-state index in [0.29, 0.717) is 38.4 Å². The summed E-state index contributed by atoms with van der Waals surface area (Å²) in [5, 5.41) is 0.111. The van der Waals surface area contributed by atoms with Crippen LogP contribution in [0.25, 0.3) is 0 Å². The van der Waals surface area contributed by atoms with Gasteiger partial charge in [0, 0.05) is 39.4 Å². The minimum atomic E-state index is -0.413. The molecule has 1 aromatic carbocycles. The predicted octanol–water partition coefficient (Wildman–Crippen LogP) is 2.07. The van der Waals surface area contributed by atoms with Crippen molar-refractivity contribution in [3.8, 4) is 0 Å². The molecule has 0 saturated carbocycles. The van der Waals surface area contributed by atoms with E-state index in [2.05, 4.69) is 0 Å². The molecule has 1 atom stereocenters. The van der Waals surface area contributed by atoms with E-state index in [0.717, 1.165) is 0 Å². The van der Waals surface area contributed by atoms with Gasteiger partial charge in [-0.1, -0.05) is 23.7 Å². The van der Waals surface area contributed by atoms with Crippen LogP contribution in [-0.4, -0.2) is 52.0 Å². The number of nitrogens with two attached hydrogens (primary N) is 1. The monoisotopic (exact) mass is 304 g/mol. The smallest absolute Gasteiger partial charge is 0.146 e. The van der Waals surface area contributed by atoms with E-state index in [-0.39, 0.29) is 11.1 Å². The number of benzene rings is 1. The van der Waals surface area contributed by atoms with Gasteiger partial charge in [0.2, 0.25) is 0 Å². The van der Waals surface area contributed by atoms with Crippen molar-refractivity contribution >= 4 is 11.6 Å². The minimum absolute atomic E-state index is 0.111. The first-order valence-corrected chi connectivity index (χ1v) is 6.89. The van der Waals surface area contributed by atoms with Crippen LogP contribution in [0, 0.1) is 5.82 Å². The van der Waals surface area contributed by atoms with Gasteiger partial charge in [-0.15, -0.1) is 0 Å². The molecule has 0 spiro atoms. The lowest BCUT2D eigenvalue weighted by molar-refractivity contribution is 0.0880. The van der Waals surface area contributed by atoms with E-state index >= 15 is 0 Å². The molecule has 0 heterocycles. The first-order chi connectivity index (χ1) is 9.65. The second-order valence-electron chi connectivity index (χ2n) is 4.42. The Labute approximate surface area is 124 Å². The van der Waals surface area contributed by atoms with Crippen LogP contribution in [0.2, 0.25) is 5.02 Å². The Balaban J connectivity index is 2.95. The van der Waals surface area contributed by atoms with Crippen molar-refractivity contribution in [2.45, 2.75) is 6.04 Å². The number of ether oxygens (including phenoxy) is 2. The average Bonchev–Trinajstić information content (AvgIpc) is 2.46. The number of nitrogens with zero attached hydrogens (tertiary/aromatic N) is 1. The lowest BCUT2D eigenvalue weighted by Crippen LogP contribution is -2.38. The van der Waals surface area contributed by atoms with Gasteiger partial charge in [0.15, 0.2) is 0 Å². The van der Waals surface area contributed by atoms with Gasteiger partial charge >= 0.3 is 0 Å². The van der Waals surface area contributed by atoms with E-state index in [1.54, 1.807) is 26.4 Å². The fourth-order valence-electron chi connectivity index (χ4n) is 2.09. The molecule has 0 fully saturated rings. The van der Waals surface area contributed by atoms with Crippen LogP contribution in [0.4, 0.5) is 4.39 Å². The van der Waals surface area contributed by atoms with Gasteiger partial charge in [-0.25, -0.2) is 4.39 Å². The van der Waals surface area contributed by atoms with Crippen molar-refractivity contribution in [3.05, 3.63) is 34.6 Å². The fraction of sp³-hybridized carbons (Fsp3) is 0.571. The molecule has 0 aromatic heterocycles. The Morgan fingerprint density at radius 2 is 1.85 bits per heavy atom. The lowest BCUT2D eigenvalue weighted by Gasteiger charge is -2.31. The quantitative estimate of drug-likeness (QED) is 0.759. The van der Waals surface area contributed by atoms with E-state index in [1.165, 1.54) is 6.07 Å². The van der Waals surface area contributed by atoms with Crippen molar-refractivity contribution in [1.82, 2.24) is 4.90 Å². The summed E-state index contributed by atoms with van der Waals surface area (Å²) in [6.45, 7) is 2.68. The second-order valence-corrected chi connectivity index (χ2v) is 4.82. The molecule has 0 aliphatic heterocycles. The van der Waals surface area contributed by atoms with Crippen molar-refractivity contribution in [2.75, 3.05) is 47.1 Å². The van der Waals surface area contributed by atoms with Crippen molar-refractivity contribution in [1.29, 1.82) is 0 Å². The molecule has 1 aromatic rings. The maximum absolute atomic E-state index is 14.2. The normalized spacial score (nSPS) is 12.9. The summed E-state index contributed by atoms with van der Waals surface area (Å²) in [6.07, 6.45) is 0. The Bertz CT molecular complexity index is 399. The van der Waals surface area contributed by atoms with Crippen LogP contribution in [-0.2, 0) is 9.47 Å². The highest BCUT2D eigenvalue weighted by atomic mass is 35.5. The first-order valence-electron chi connectivity index (χ1n) is 6.51. The Kier molecular flexibility index (Phi) is 8.02. The number of hydrogen-bond acceptors (Lipinski definition) is 4. The number of hydrogen-bond donors (Lipinski definition) is 1. The third kappa shape index (κ3) is 4.68. The standard InChI is InChI=1S/C14H22ClFN2O2/c1-19-8-6-18(7-9-20-2)13(10-17)11-4-3-5-12(15)14(11)16/h3-5,13H,6-10,17H2,1-2H3. The van der Waals surface area contributed by atoms with Gasteiger partial charge in [0.25, 0.3) is 0 Å². The zero-order valence-electron chi connectivity index (χ0n) is 11.9. The molecule has 0 radical (unpaired) electrons. The molecule has 4 nitrogen and oxygen atoms in total. The number of methoxy groups -OCH3 is 2. The van der Waals surface area contributed by atoms with Crippen molar-refractivity contribution in [3.63, 3.8) is 0 Å². The van der Waals surface area contributed by atoms with Crippen molar-refractivity contribution in [2.24, 2.45) is 5.73 Å². The Morgan fingerprint density at radius 3 is 2.35 bits per heavy atom. The highest BCUT2D eigenvalue weighted by molar-refractivity contribution is 6.30. The van der Waals surface area contributed by atoms with E-state index < -0.39 is 5.82 Å². The molecule has 1 unspecified atom stereocenters. The molecule has 0 amide bonds. The van der Waals surface area contributed by atoms with E-state index in [4.69, 9.17) is 26.8 Å². The number of halogens is 2. The summed E-state index contributed by atoms with van der Waals surface area (Å²) in [6, 6.07) is 4.72. The topological polar surface area (TPSA) is 47.7 Å². The molecule has 0 aliphatic carbocycles. The third-order valence-corrected chi connectivity index (χ3v) is 3.46. The maximum Gasteiger partial charge on any atom is 0.146 e. The zero-order valence-corrected chi connectivity index (χ0v) is 12.7. The summed E-state index contributed by atoms with van der Waals surface area (Å²) in [5.41, 5.74) is 6.34. The molecule has 1 rings (SSSR count). The Morgan fingerprint density at radius 1 is 1.25 bits per heavy atom. The van der Waals surface area contributed by atoms with Gasteiger partial charge in [0.1, 0.15) is 5.82 Å². The summed E-state index contributed by atoms with van der Waals surface area (Å²) in [4.78, 5) is 2.04. The summed E-state index contributed by atoms with van der Waals surface area (Å²) >= 11 is 5.84. The minimum Gasteiger partial charge on any atom is -0.383 e. The predicted molar refractivity (Wildman–Crippen MR) is 78.5 cm³/mol. The maximum atomic E-state index is 14.2. The molecular formula is C14H22ClFN2O2. The van der Waals surface area contributed by atoms with E-state index in [9.17, 15) is 4.39 Å². The molecule has 2 N–H and O–H groups in total. The van der Waals surface area contributed by atoms with Crippen LogP contribution in [0.3, 0.4) is 0 Å². The van der Waals surface area contributed by atoms with Crippen LogP contribution in [0.15, 0.2) is 18.2 Å². The highest BCUT2D eigenvalue weighted by Crippen LogP contribution is 2.26. The summed E-state index contributed by atoms with van der Waals surface area (Å²) in [5.74, 6) is -0.413. The third-order valence-electron chi connectivity index (χ3n) is 3.17. The van der Waals surface area contributed by atoms with Gasteiger partial charge in [-0.05, 0) is 6.07 Å². The summed E-state index contributed by atoms with van der Waals surface area (Å²) in [7, 11) is 3.26. The van der Waals surface area contributed by atoms with Crippen LogP contribution in [0.1, 0.15) is 11.6 Å². The largest absolute Gasteiger partial charge is 0.383 e. The second kappa shape index (κ2) is 9.26. The van der Waals surface area contributed by atoms with Gasteiger partial charge < -0.3 is 15.2 Å². The molecule has 0 saturated heterocycles. The SMILES string of the molecule is COCCN(CCOC)C(CN)c1cccc(Cl)c1F. The molecule has 6 heteroatoms. The van der Waals surface area contributed by atoms with Gasteiger partial charge in [-0.2, -0.15) is 0 Å². The van der Waals surface area contributed by atoms with Gasteiger partial charge in [0.05, 0.1) is 24.3 Å². The van der Waals surface area contributed by atoms with Crippen molar-refractivity contribution < 1.29 is 13.9 Å². The Hall–Kier alpha value is -0.720. The zero-order chi connectivity index (χ0) is 15.0. The van der Waals surface area contributed by atoms with Gasteiger partial charge in [-0.3, -0.25) is 4.90 Å². The molecule has 0 bridgehead atoms. The van der Waals surface area contributed by atoms with E-state index in [1.807, 2.05) is 4.90 Å². The van der Waals surface area contributed by atoms with Crippen LogP contribution in [0.5, 0.6) is 0 Å². The molecule has 114 valence electrons. The summed E-state index contributed by atoms with van der Waals surface area (Å²) < 4.78 is 24.4. The first kappa shape index (κ1) is 17.3. The highest BCUT2D eigenvalue weighted by Gasteiger charge is 2.22. The van der Waals surface area contributed by atoms with Crippen LogP contribution >= 0.6 is 11.6 Å². The fourth-order valence-corrected chi connectivity index (χ4v) is 2.27. The molecule has 20 heavy (non-hydrogen) atoms. The van der Waals surface area contributed by atoms with Crippen LogP contribution < -0.4 is 5.73 Å². The molecular weight excluding hydrogens is 283 g/mol. The average molecular weight is 305 g/mol. The molecule has 0 aliphatic rings. The number of rotatable bonds is 9.